The molecule has 22 heavy (non-hydrogen) atoms. The molecule has 1 aromatic carbocycles. The summed E-state index contributed by atoms with van der Waals surface area (Å²) in [4.78, 5) is 22.1. The number of nitrogens with one attached hydrogen (secondary N) is 1. The molecule has 0 spiro atoms. The van der Waals surface area contributed by atoms with Crippen LogP contribution >= 0.6 is 0 Å². The highest BCUT2D eigenvalue weighted by Crippen LogP contribution is 2.27. The first-order chi connectivity index (χ1) is 10.4. The fourth-order valence-electron chi connectivity index (χ4n) is 3.09. The van der Waals surface area contributed by atoms with Gasteiger partial charge in [0.05, 0.1) is 23.1 Å². The molecule has 1 aliphatic rings. The summed E-state index contributed by atoms with van der Waals surface area (Å²) in [7, 11) is 1.89. The maximum Gasteiger partial charge on any atom is 0.230 e. The second kappa shape index (κ2) is 5.72. The van der Waals surface area contributed by atoms with E-state index >= 15 is 0 Å². The summed E-state index contributed by atoms with van der Waals surface area (Å²) in [5, 5.41) is 0. The van der Waals surface area contributed by atoms with Gasteiger partial charge in [-0.2, -0.15) is 0 Å². The number of hydrogen-bond donors (Lipinski definition) is 1. The zero-order valence-corrected chi connectivity index (χ0v) is 13.4. The van der Waals surface area contributed by atoms with E-state index < -0.39 is 0 Å². The third-order valence-corrected chi connectivity index (χ3v) is 4.37. The Bertz CT molecular complexity index is 644. The molecule has 1 saturated heterocycles. The van der Waals surface area contributed by atoms with Crippen LogP contribution in [0.3, 0.4) is 0 Å². The average Bonchev–Trinajstić information content (AvgIpc) is 2.87. The van der Waals surface area contributed by atoms with Gasteiger partial charge in [0.15, 0.2) is 0 Å². The van der Waals surface area contributed by atoms with E-state index in [4.69, 9.17) is 4.74 Å². The molecular weight excluding hydrogens is 278 g/mol. The molecule has 0 aliphatic carbocycles. The van der Waals surface area contributed by atoms with Crippen molar-refractivity contribution in [1.29, 1.82) is 0 Å². The number of amides is 1. The van der Waals surface area contributed by atoms with Crippen molar-refractivity contribution >= 4 is 16.9 Å². The van der Waals surface area contributed by atoms with Crippen molar-refractivity contribution in [2.24, 2.45) is 0 Å². The van der Waals surface area contributed by atoms with E-state index in [-0.39, 0.29) is 17.6 Å². The normalized spacial score (nSPS) is 21.0. The van der Waals surface area contributed by atoms with E-state index in [0.717, 1.165) is 29.7 Å². The van der Waals surface area contributed by atoms with Crippen LogP contribution in [-0.2, 0) is 16.0 Å². The number of rotatable bonds is 3. The number of aromatic amines is 1. The molecule has 5 nitrogen and oxygen atoms in total. The minimum atomic E-state index is -0.156. The summed E-state index contributed by atoms with van der Waals surface area (Å²) < 4.78 is 5.73. The van der Waals surface area contributed by atoms with Gasteiger partial charge < -0.3 is 14.6 Å². The molecule has 1 amide bonds. The molecule has 3 rings (SSSR count). The van der Waals surface area contributed by atoms with Crippen LogP contribution in [0.5, 0.6) is 0 Å². The number of hydrogen-bond acceptors (Lipinski definition) is 3. The maximum atomic E-state index is 12.5. The number of benzene rings is 1. The number of ether oxygens (including phenoxy) is 1. The van der Waals surface area contributed by atoms with Gasteiger partial charge >= 0.3 is 0 Å². The Morgan fingerprint density at radius 2 is 2.23 bits per heavy atom. The highest BCUT2D eigenvalue weighted by Gasteiger charge is 2.32. The van der Waals surface area contributed by atoms with E-state index in [2.05, 4.69) is 23.8 Å². The summed E-state index contributed by atoms with van der Waals surface area (Å²) in [5.41, 5.74) is 1.72. The zero-order chi connectivity index (χ0) is 15.7. The minimum absolute atomic E-state index is 0.0988. The third kappa shape index (κ3) is 3.14. The van der Waals surface area contributed by atoms with Gasteiger partial charge in [0.1, 0.15) is 5.82 Å². The lowest BCUT2D eigenvalue weighted by atomic mass is 9.93. The topological polar surface area (TPSA) is 58.2 Å². The smallest absolute Gasteiger partial charge is 0.230 e. The number of carbonyl (C=O) groups excluding carboxylic acids is 1. The Morgan fingerprint density at radius 1 is 1.45 bits per heavy atom. The molecule has 2 heterocycles. The zero-order valence-electron chi connectivity index (χ0n) is 13.4. The fraction of sp³-hybridized carbons (Fsp3) is 0.529. The number of para-hydroxylation sites is 2. The van der Waals surface area contributed by atoms with E-state index in [0.29, 0.717) is 13.0 Å². The number of nitrogens with zero attached hydrogens (tertiary/aromatic N) is 2. The molecule has 0 radical (unpaired) electrons. The van der Waals surface area contributed by atoms with Gasteiger partial charge in [0.2, 0.25) is 5.91 Å². The summed E-state index contributed by atoms with van der Waals surface area (Å²) >= 11 is 0. The summed E-state index contributed by atoms with van der Waals surface area (Å²) in [6.45, 7) is 4.87. The first kappa shape index (κ1) is 15.0. The molecule has 1 fully saturated rings. The lowest BCUT2D eigenvalue weighted by Crippen LogP contribution is -2.47. The van der Waals surface area contributed by atoms with Crippen LogP contribution in [0.15, 0.2) is 24.3 Å². The SMILES string of the molecule is CN(C(=O)Cc1nc2ccccc2[nH]1)[C@H]1CCOC(C)(C)C1. The maximum absolute atomic E-state index is 12.5. The molecule has 5 heteroatoms. The van der Waals surface area contributed by atoms with Crippen LogP contribution in [0, 0.1) is 0 Å². The quantitative estimate of drug-likeness (QED) is 0.947. The van der Waals surface area contributed by atoms with Crippen LogP contribution < -0.4 is 0 Å². The van der Waals surface area contributed by atoms with E-state index in [1.54, 1.807) is 0 Å². The summed E-state index contributed by atoms with van der Waals surface area (Å²) in [5.74, 6) is 0.825. The second-order valence-electron chi connectivity index (χ2n) is 6.64. The lowest BCUT2D eigenvalue weighted by molar-refractivity contribution is -0.137. The Kier molecular flexibility index (Phi) is 3.91. The molecule has 1 aliphatic heterocycles. The van der Waals surface area contributed by atoms with Gasteiger partial charge in [-0.3, -0.25) is 4.79 Å². The van der Waals surface area contributed by atoms with E-state index in [1.807, 2.05) is 36.2 Å². The first-order valence-electron chi connectivity index (χ1n) is 7.78. The van der Waals surface area contributed by atoms with Crippen molar-refractivity contribution in [3.05, 3.63) is 30.1 Å². The number of aromatic nitrogens is 2. The van der Waals surface area contributed by atoms with Crippen LogP contribution in [0.4, 0.5) is 0 Å². The predicted octanol–water partition coefficient (Wildman–Crippen LogP) is 2.52. The Labute approximate surface area is 130 Å². The fourth-order valence-corrected chi connectivity index (χ4v) is 3.09. The van der Waals surface area contributed by atoms with Gasteiger partial charge in [0.25, 0.3) is 0 Å². The second-order valence-corrected chi connectivity index (χ2v) is 6.64. The number of imidazole rings is 1. The molecule has 1 N–H and O–H groups in total. The molecule has 0 bridgehead atoms. The number of fused-ring (bicyclic) bond motifs is 1. The molecule has 1 atom stereocenters. The number of H-pyrrole nitrogens is 1. The van der Waals surface area contributed by atoms with Crippen molar-refractivity contribution in [2.45, 2.75) is 44.8 Å². The highest BCUT2D eigenvalue weighted by molar-refractivity contribution is 5.80. The van der Waals surface area contributed by atoms with Crippen molar-refractivity contribution in [1.82, 2.24) is 14.9 Å². The van der Waals surface area contributed by atoms with Crippen molar-refractivity contribution in [2.75, 3.05) is 13.7 Å². The molecule has 1 aromatic heterocycles. The number of likely N-dealkylation sites (N-methyl/N-ethyl adjacent to an activating group) is 1. The summed E-state index contributed by atoms with van der Waals surface area (Å²) in [6.07, 6.45) is 2.07. The van der Waals surface area contributed by atoms with Gasteiger partial charge in [0, 0.05) is 19.7 Å². The third-order valence-electron chi connectivity index (χ3n) is 4.37. The van der Waals surface area contributed by atoms with E-state index in [1.165, 1.54) is 0 Å². The molecular formula is C17H23N3O2. The highest BCUT2D eigenvalue weighted by atomic mass is 16.5. The van der Waals surface area contributed by atoms with Crippen molar-refractivity contribution < 1.29 is 9.53 Å². The van der Waals surface area contributed by atoms with Gasteiger partial charge in [-0.15, -0.1) is 0 Å². The Hall–Kier alpha value is -1.88. The molecule has 0 saturated carbocycles. The van der Waals surface area contributed by atoms with E-state index in [9.17, 15) is 4.79 Å². The minimum Gasteiger partial charge on any atom is -0.375 e. The van der Waals surface area contributed by atoms with Gasteiger partial charge in [-0.05, 0) is 38.8 Å². The Morgan fingerprint density at radius 3 is 2.95 bits per heavy atom. The molecule has 0 unspecified atom stereocenters. The average molecular weight is 301 g/mol. The summed E-state index contributed by atoms with van der Waals surface area (Å²) in [6, 6.07) is 8.07. The van der Waals surface area contributed by atoms with Crippen LogP contribution in [0.1, 0.15) is 32.5 Å². The Balaban J connectivity index is 1.68. The largest absolute Gasteiger partial charge is 0.375 e. The van der Waals surface area contributed by atoms with Crippen molar-refractivity contribution in [3.63, 3.8) is 0 Å². The standard InChI is InChI=1S/C17H23N3O2/c1-17(2)11-12(8-9-22-17)20(3)16(21)10-15-18-13-6-4-5-7-14(13)19-15/h4-7,12H,8-11H2,1-3H3,(H,18,19)/t12-/m0/s1. The van der Waals surface area contributed by atoms with Crippen LogP contribution in [0.2, 0.25) is 0 Å². The first-order valence-corrected chi connectivity index (χ1v) is 7.78. The lowest BCUT2D eigenvalue weighted by Gasteiger charge is -2.39. The number of carbonyl (C=O) groups is 1. The van der Waals surface area contributed by atoms with Gasteiger partial charge in [-0.1, -0.05) is 12.1 Å². The predicted molar refractivity (Wildman–Crippen MR) is 85.6 cm³/mol. The molecule has 2 aromatic rings. The van der Waals surface area contributed by atoms with Crippen LogP contribution in [-0.4, -0.2) is 46.1 Å². The van der Waals surface area contributed by atoms with Gasteiger partial charge in [-0.25, -0.2) is 4.98 Å². The molecule has 118 valence electrons. The van der Waals surface area contributed by atoms with Crippen LogP contribution in [0.25, 0.3) is 11.0 Å². The van der Waals surface area contributed by atoms with Crippen molar-refractivity contribution in [3.8, 4) is 0 Å². The monoisotopic (exact) mass is 301 g/mol.